The molecule has 1 aromatic heterocycles. The summed E-state index contributed by atoms with van der Waals surface area (Å²) in [6.07, 6.45) is 0.866. The molecule has 0 aliphatic rings. The molecule has 0 aliphatic heterocycles. The number of nitrogens with two attached hydrogens (primary N) is 1. The number of hydrogen-bond acceptors (Lipinski definition) is 6. The lowest BCUT2D eigenvalue weighted by Crippen LogP contribution is -1.94. The van der Waals surface area contributed by atoms with E-state index < -0.39 is 0 Å². The molecule has 4 nitrogen and oxygen atoms in total. The molecule has 0 radical (unpaired) electrons. The van der Waals surface area contributed by atoms with Gasteiger partial charge in [0.2, 0.25) is 0 Å². The first-order chi connectivity index (χ1) is 10.3. The number of methoxy groups -OCH3 is 1. The minimum absolute atomic E-state index is 0.362. The first-order valence-electron chi connectivity index (χ1n) is 6.58. The highest BCUT2D eigenvalue weighted by atomic mass is 32.2. The molecule has 2 N–H and O–H groups in total. The lowest BCUT2D eigenvalue weighted by Gasteiger charge is -2.07. The fourth-order valence-electron chi connectivity index (χ4n) is 1.70. The Hall–Kier alpha value is -1.55. The van der Waals surface area contributed by atoms with E-state index in [2.05, 4.69) is 28.1 Å². The summed E-state index contributed by atoms with van der Waals surface area (Å²) in [7, 11) is 1.68. The van der Waals surface area contributed by atoms with Crippen molar-refractivity contribution in [1.29, 1.82) is 0 Å². The van der Waals surface area contributed by atoms with Gasteiger partial charge in [-0.3, -0.25) is 0 Å². The fourth-order valence-corrected chi connectivity index (χ4v) is 3.38. The number of thioether (sulfide) groups is 1. The highest BCUT2D eigenvalue weighted by Crippen LogP contribution is 2.29. The van der Waals surface area contributed by atoms with Crippen LogP contribution in [-0.4, -0.2) is 23.0 Å². The van der Waals surface area contributed by atoms with Gasteiger partial charge in [0.1, 0.15) is 11.6 Å². The van der Waals surface area contributed by atoms with Crippen molar-refractivity contribution in [1.82, 2.24) is 9.36 Å². The molecule has 0 atom stereocenters. The van der Waals surface area contributed by atoms with E-state index in [9.17, 15) is 0 Å². The number of rotatable bonds is 5. The van der Waals surface area contributed by atoms with Crippen LogP contribution in [0.25, 0.3) is 0 Å². The Morgan fingerprint density at radius 2 is 2.29 bits per heavy atom. The van der Waals surface area contributed by atoms with Crippen molar-refractivity contribution in [2.75, 3.05) is 13.7 Å². The minimum atomic E-state index is 0.362. The summed E-state index contributed by atoms with van der Waals surface area (Å²) < 4.78 is 10.7. The van der Waals surface area contributed by atoms with Crippen LogP contribution in [0.15, 0.2) is 22.5 Å². The van der Waals surface area contributed by atoms with Crippen molar-refractivity contribution in [3.8, 4) is 17.6 Å². The summed E-state index contributed by atoms with van der Waals surface area (Å²) in [6.45, 7) is 2.42. The largest absolute Gasteiger partial charge is 0.496 e. The van der Waals surface area contributed by atoms with Gasteiger partial charge in [-0.15, -0.1) is 0 Å². The topological polar surface area (TPSA) is 61.0 Å². The fraction of sp³-hybridized carbons (Fsp3) is 0.333. The maximum Gasteiger partial charge on any atom is 0.170 e. The Labute approximate surface area is 133 Å². The van der Waals surface area contributed by atoms with Gasteiger partial charge in [-0.25, -0.2) is 4.98 Å². The quantitative estimate of drug-likeness (QED) is 0.678. The zero-order valence-corrected chi connectivity index (χ0v) is 13.7. The maximum atomic E-state index is 5.40. The summed E-state index contributed by atoms with van der Waals surface area (Å²) in [6, 6.07) is 5.92. The zero-order chi connectivity index (χ0) is 15.1. The van der Waals surface area contributed by atoms with Crippen LogP contribution in [-0.2, 0) is 12.2 Å². The SMILES string of the molecule is CCc1nsc(SCc2cc(C#CCN)ccc2OC)n1. The summed E-state index contributed by atoms with van der Waals surface area (Å²) in [4.78, 5) is 4.46. The molecule has 0 spiro atoms. The van der Waals surface area contributed by atoms with E-state index >= 15 is 0 Å². The second kappa shape index (κ2) is 8.03. The van der Waals surface area contributed by atoms with Crippen molar-refractivity contribution >= 4 is 23.3 Å². The van der Waals surface area contributed by atoms with Crippen molar-refractivity contribution in [2.24, 2.45) is 5.73 Å². The Morgan fingerprint density at radius 1 is 1.43 bits per heavy atom. The van der Waals surface area contributed by atoms with Crippen molar-refractivity contribution < 1.29 is 4.74 Å². The third kappa shape index (κ3) is 4.46. The normalized spacial score (nSPS) is 10.0. The molecule has 0 fully saturated rings. The van der Waals surface area contributed by atoms with Crippen molar-refractivity contribution in [3.63, 3.8) is 0 Å². The van der Waals surface area contributed by atoms with Crippen LogP contribution < -0.4 is 10.5 Å². The predicted octanol–water partition coefficient (Wildman–Crippen LogP) is 2.71. The lowest BCUT2D eigenvalue weighted by atomic mass is 10.1. The van der Waals surface area contributed by atoms with Crippen molar-refractivity contribution in [2.45, 2.75) is 23.4 Å². The number of aryl methyl sites for hydroxylation is 1. The Balaban J connectivity index is 2.13. The van der Waals surface area contributed by atoms with Gasteiger partial charge >= 0.3 is 0 Å². The smallest absolute Gasteiger partial charge is 0.170 e. The van der Waals surface area contributed by atoms with Gasteiger partial charge in [-0.05, 0) is 29.7 Å². The summed E-state index contributed by atoms with van der Waals surface area (Å²) in [5, 5.41) is 0. The third-order valence-corrected chi connectivity index (χ3v) is 4.65. The highest BCUT2D eigenvalue weighted by molar-refractivity contribution is 8.00. The molecule has 0 unspecified atom stereocenters. The summed E-state index contributed by atoms with van der Waals surface area (Å²) >= 11 is 3.11. The van der Waals surface area contributed by atoms with Crippen molar-refractivity contribution in [3.05, 3.63) is 35.2 Å². The van der Waals surface area contributed by atoms with Crippen LogP contribution in [0, 0.1) is 11.8 Å². The van der Waals surface area contributed by atoms with E-state index in [-0.39, 0.29) is 0 Å². The summed E-state index contributed by atoms with van der Waals surface area (Å²) in [5.74, 6) is 8.45. The zero-order valence-electron chi connectivity index (χ0n) is 12.0. The van der Waals surface area contributed by atoms with Crippen LogP contribution >= 0.6 is 23.3 Å². The highest BCUT2D eigenvalue weighted by Gasteiger charge is 2.08. The molecule has 0 bridgehead atoms. The molecule has 2 aromatic rings. The molecule has 110 valence electrons. The van der Waals surface area contributed by atoms with Gasteiger partial charge in [-0.2, -0.15) is 4.37 Å². The Bertz CT molecular complexity index is 658. The Morgan fingerprint density at radius 3 is 2.95 bits per heavy atom. The second-order valence-corrected chi connectivity index (χ2v) is 6.13. The first kappa shape index (κ1) is 15.8. The van der Waals surface area contributed by atoms with E-state index in [1.807, 2.05) is 18.2 Å². The molecule has 1 aromatic carbocycles. The maximum absolute atomic E-state index is 5.40. The lowest BCUT2D eigenvalue weighted by molar-refractivity contribution is 0.411. The predicted molar refractivity (Wildman–Crippen MR) is 87.8 cm³/mol. The monoisotopic (exact) mass is 319 g/mol. The minimum Gasteiger partial charge on any atom is -0.496 e. The molecule has 0 saturated heterocycles. The molecular weight excluding hydrogens is 302 g/mol. The molecule has 2 rings (SSSR count). The van der Waals surface area contributed by atoms with Crippen LogP contribution in [0.5, 0.6) is 5.75 Å². The molecule has 1 heterocycles. The van der Waals surface area contributed by atoms with E-state index in [4.69, 9.17) is 10.5 Å². The van der Waals surface area contributed by atoms with Gasteiger partial charge in [0.05, 0.1) is 13.7 Å². The van der Waals surface area contributed by atoms with E-state index in [1.165, 1.54) is 11.5 Å². The molecule has 21 heavy (non-hydrogen) atoms. The number of benzene rings is 1. The Kier molecular flexibility index (Phi) is 6.05. The van der Waals surface area contributed by atoms with Crippen LogP contribution in [0.3, 0.4) is 0 Å². The summed E-state index contributed by atoms with van der Waals surface area (Å²) in [5.41, 5.74) is 7.45. The van der Waals surface area contributed by atoms with Crippen LogP contribution in [0.2, 0.25) is 0 Å². The van der Waals surface area contributed by atoms with Crippen LogP contribution in [0.4, 0.5) is 0 Å². The molecule has 0 aliphatic carbocycles. The first-order valence-corrected chi connectivity index (χ1v) is 8.34. The molecule has 0 amide bonds. The average Bonchev–Trinajstić information content (AvgIpc) is 2.99. The van der Waals surface area contributed by atoms with Gasteiger partial charge in [0.15, 0.2) is 4.34 Å². The molecular formula is C15H17N3OS2. The number of ether oxygens (including phenoxy) is 1. The number of hydrogen-bond donors (Lipinski definition) is 1. The van der Waals surface area contributed by atoms with E-state index in [0.29, 0.717) is 6.54 Å². The number of nitrogens with zero attached hydrogens (tertiary/aromatic N) is 2. The van der Waals surface area contributed by atoms with E-state index in [0.717, 1.165) is 39.2 Å². The average molecular weight is 319 g/mol. The number of aromatic nitrogens is 2. The van der Waals surface area contributed by atoms with Crippen LogP contribution in [0.1, 0.15) is 23.9 Å². The molecule has 6 heteroatoms. The second-order valence-electron chi connectivity index (χ2n) is 4.15. The van der Waals surface area contributed by atoms with E-state index in [1.54, 1.807) is 18.9 Å². The standard InChI is InChI=1S/C15H17N3OS2/c1-3-14-17-15(21-18-14)20-10-12-9-11(5-4-8-16)6-7-13(12)19-2/h6-7,9H,3,8,10,16H2,1-2H3. The van der Waals surface area contributed by atoms with Gasteiger partial charge < -0.3 is 10.5 Å². The third-order valence-electron chi connectivity index (χ3n) is 2.73. The van der Waals surface area contributed by atoms with Gasteiger partial charge in [0.25, 0.3) is 0 Å². The molecule has 0 saturated carbocycles. The van der Waals surface area contributed by atoms with Gasteiger partial charge in [0, 0.05) is 23.3 Å². The van der Waals surface area contributed by atoms with Gasteiger partial charge in [-0.1, -0.05) is 30.5 Å².